The zero-order valence-electron chi connectivity index (χ0n) is 12.6. The Morgan fingerprint density at radius 1 is 1.26 bits per heavy atom. The van der Waals surface area contributed by atoms with Gasteiger partial charge < -0.3 is 10.6 Å². The van der Waals surface area contributed by atoms with Crippen LogP contribution in [0.1, 0.15) is 30.5 Å². The van der Waals surface area contributed by atoms with Crippen LogP contribution in [0.25, 0.3) is 0 Å². The molecule has 1 atom stereocenters. The largest absolute Gasteiger partial charge is 0.368 e. The smallest absolute Gasteiger partial charge is 0.220 e. The average molecular weight is 334 g/mol. The van der Waals surface area contributed by atoms with Crippen LogP contribution in [-0.2, 0) is 11.8 Å². The van der Waals surface area contributed by atoms with Crippen molar-refractivity contribution in [2.45, 2.75) is 31.1 Å². The Morgan fingerprint density at radius 2 is 2.13 bits per heavy atom. The maximum absolute atomic E-state index is 14.2. The highest BCUT2D eigenvalue weighted by Gasteiger charge is 2.44. The maximum atomic E-state index is 14.2. The number of aromatic nitrogens is 3. The van der Waals surface area contributed by atoms with E-state index in [-0.39, 0.29) is 11.2 Å². The molecule has 7 heteroatoms. The monoisotopic (exact) mass is 333 g/mol. The summed E-state index contributed by atoms with van der Waals surface area (Å²) in [5, 5.41) is 0.310. The molecular weight excluding hydrogens is 317 g/mol. The SMILES string of the molecule is Nc1ncc2c(n1)C1(CCCN(c3ncc(Cl)cc3F)C1)CC2. The van der Waals surface area contributed by atoms with Crippen LogP contribution < -0.4 is 10.6 Å². The second-order valence-electron chi connectivity index (χ2n) is 6.37. The van der Waals surface area contributed by atoms with E-state index in [1.165, 1.54) is 12.3 Å². The molecule has 2 N–H and O–H groups in total. The molecule has 23 heavy (non-hydrogen) atoms. The van der Waals surface area contributed by atoms with Gasteiger partial charge in [0.05, 0.1) is 10.7 Å². The van der Waals surface area contributed by atoms with Gasteiger partial charge in [0, 0.05) is 30.9 Å². The fourth-order valence-electron chi connectivity index (χ4n) is 3.90. The van der Waals surface area contributed by atoms with Crippen molar-refractivity contribution in [1.82, 2.24) is 15.0 Å². The second kappa shape index (κ2) is 5.30. The molecular formula is C16H17ClFN5. The number of rotatable bonds is 1. The second-order valence-corrected chi connectivity index (χ2v) is 6.80. The summed E-state index contributed by atoms with van der Waals surface area (Å²) in [6, 6.07) is 1.31. The third-order valence-electron chi connectivity index (χ3n) is 4.92. The topological polar surface area (TPSA) is 67.9 Å². The molecule has 0 amide bonds. The van der Waals surface area contributed by atoms with E-state index in [0.717, 1.165) is 43.5 Å². The highest BCUT2D eigenvalue weighted by Crippen LogP contribution is 2.44. The fraction of sp³-hybridized carbons (Fsp3) is 0.438. The van der Waals surface area contributed by atoms with E-state index in [2.05, 4.69) is 15.0 Å². The van der Waals surface area contributed by atoms with Gasteiger partial charge in [-0.05, 0) is 37.3 Å². The number of aryl methyl sites for hydroxylation is 1. The van der Waals surface area contributed by atoms with E-state index in [9.17, 15) is 4.39 Å². The first kappa shape index (κ1) is 14.6. The Balaban J connectivity index is 1.70. The van der Waals surface area contributed by atoms with Crippen LogP contribution in [-0.4, -0.2) is 28.0 Å². The van der Waals surface area contributed by atoms with Gasteiger partial charge in [0.2, 0.25) is 5.95 Å². The minimum atomic E-state index is -0.380. The van der Waals surface area contributed by atoms with Gasteiger partial charge in [-0.2, -0.15) is 0 Å². The lowest BCUT2D eigenvalue weighted by Crippen LogP contribution is -2.46. The number of piperidine rings is 1. The number of nitrogens with two attached hydrogens (primary N) is 1. The van der Waals surface area contributed by atoms with Crippen molar-refractivity contribution in [1.29, 1.82) is 0 Å². The van der Waals surface area contributed by atoms with Crippen LogP contribution in [0.5, 0.6) is 0 Å². The Morgan fingerprint density at radius 3 is 2.96 bits per heavy atom. The summed E-state index contributed by atoms with van der Waals surface area (Å²) in [6.45, 7) is 1.48. The van der Waals surface area contributed by atoms with E-state index in [0.29, 0.717) is 23.3 Å². The molecule has 120 valence electrons. The first-order valence-corrected chi connectivity index (χ1v) is 8.13. The van der Waals surface area contributed by atoms with Gasteiger partial charge in [-0.15, -0.1) is 0 Å². The van der Waals surface area contributed by atoms with Crippen LogP contribution in [0.15, 0.2) is 18.5 Å². The van der Waals surface area contributed by atoms with E-state index in [1.807, 2.05) is 11.1 Å². The number of hydrogen-bond acceptors (Lipinski definition) is 5. The van der Waals surface area contributed by atoms with Crippen molar-refractivity contribution in [3.05, 3.63) is 40.6 Å². The van der Waals surface area contributed by atoms with Crippen molar-refractivity contribution in [2.24, 2.45) is 0 Å². The van der Waals surface area contributed by atoms with E-state index < -0.39 is 0 Å². The molecule has 0 radical (unpaired) electrons. The summed E-state index contributed by atoms with van der Waals surface area (Å²) in [5.41, 5.74) is 7.89. The third kappa shape index (κ3) is 2.41. The van der Waals surface area contributed by atoms with E-state index in [1.54, 1.807) is 0 Å². The zero-order chi connectivity index (χ0) is 16.0. The molecule has 1 aliphatic carbocycles. The lowest BCUT2D eigenvalue weighted by molar-refractivity contribution is 0.331. The number of halogens is 2. The lowest BCUT2D eigenvalue weighted by atomic mass is 9.77. The molecule has 0 aromatic carbocycles. The molecule has 4 rings (SSSR count). The molecule has 1 fully saturated rings. The molecule has 1 spiro atoms. The number of nitrogens with zero attached hydrogens (tertiary/aromatic N) is 4. The van der Waals surface area contributed by atoms with Gasteiger partial charge in [0.25, 0.3) is 0 Å². The van der Waals surface area contributed by atoms with Crippen LogP contribution in [0.2, 0.25) is 5.02 Å². The quantitative estimate of drug-likeness (QED) is 0.869. The van der Waals surface area contributed by atoms with Crippen molar-refractivity contribution >= 4 is 23.4 Å². The molecule has 2 aromatic heterocycles. The number of anilines is 2. The molecule has 1 unspecified atom stereocenters. The summed E-state index contributed by atoms with van der Waals surface area (Å²) in [6.07, 6.45) is 7.25. The molecule has 3 heterocycles. The Labute approximate surface area is 138 Å². The summed E-state index contributed by atoms with van der Waals surface area (Å²) in [7, 11) is 0. The predicted molar refractivity (Wildman–Crippen MR) is 87.1 cm³/mol. The van der Waals surface area contributed by atoms with Crippen LogP contribution in [0.3, 0.4) is 0 Å². The molecule has 2 aromatic rings. The molecule has 5 nitrogen and oxygen atoms in total. The molecule has 2 aliphatic rings. The van der Waals surface area contributed by atoms with Gasteiger partial charge >= 0.3 is 0 Å². The molecule has 1 aliphatic heterocycles. The van der Waals surface area contributed by atoms with Crippen molar-refractivity contribution in [3.8, 4) is 0 Å². The van der Waals surface area contributed by atoms with Gasteiger partial charge in [-0.25, -0.2) is 19.3 Å². The normalized spacial score (nSPS) is 23.3. The van der Waals surface area contributed by atoms with E-state index in [4.69, 9.17) is 17.3 Å². The van der Waals surface area contributed by atoms with Crippen molar-refractivity contribution in [3.63, 3.8) is 0 Å². The highest BCUT2D eigenvalue weighted by molar-refractivity contribution is 6.30. The highest BCUT2D eigenvalue weighted by atomic mass is 35.5. The third-order valence-corrected chi connectivity index (χ3v) is 5.13. The fourth-order valence-corrected chi connectivity index (χ4v) is 4.05. The molecule has 0 saturated carbocycles. The van der Waals surface area contributed by atoms with Crippen LogP contribution in [0, 0.1) is 5.82 Å². The van der Waals surface area contributed by atoms with Gasteiger partial charge in [0.1, 0.15) is 0 Å². The number of nitrogen functional groups attached to an aromatic ring is 1. The minimum Gasteiger partial charge on any atom is -0.368 e. The number of pyridine rings is 1. The average Bonchev–Trinajstić information content (AvgIpc) is 2.85. The van der Waals surface area contributed by atoms with Crippen molar-refractivity contribution in [2.75, 3.05) is 23.7 Å². The first-order valence-electron chi connectivity index (χ1n) is 7.75. The van der Waals surface area contributed by atoms with Crippen LogP contribution >= 0.6 is 11.6 Å². The van der Waals surface area contributed by atoms with E-state index >= 15 is 0 Å². The Hall–Kier alpha value is -1.95. The molecule has 0 bridgehead atoms. The Kier molecular flexibility index (Phi) is 3.37. The Bertz CT molecular complexity index is 764. The summed E-state index contributed by atoms with van der Waals surface area (Å²) >= 11 is 5.81. The number of hydrogen-bond donors (Lipinski definition) is 1. The number of fused-ring (bicyclic) bond motifs is 2. The maximum Gasteiger partial charge on any atom is 0.220 e. The summed E-state index contributed by atoms with van der Waals surface area (Å²) in [4.78, 5) is 14.8. The minimum absolute atomic E-state index is 0.0849. The predicted octanol–water partition coefficient (Wildman–Crippen LogP) is 2.73. The van der Waals surface area contributed by atoms with Gasteiger partial charge in [-0.1, -0.05) is 11.6 Å². The summed E-state index contributed by atoms with van der Waals surface area (Å²) < 4.78 is 14.2. The van der Waals surface area contributed by atoms with Crippen LogP contribution in [0.4, 0.5) is 16.2 Å². The van der Waals surface area contributed by atoms with Crippen molar-refractivity contribution < 1.29 is 4.39 Å². The lowest BCUT2D eigenvalue weighted by Gasteiger charge is -2.41. The molecule has 1 saturated heterocycles. The summed E-state index contributed by atoms with van der Waals surface area (Å²) in [5.74, 6) is 0.289. The van der Waals surface area contributed by atoms with Gasteiger partial charge in [-0.3, -0.25) is 0 Å². The van der Waals surface area contributed by atoms with Gasteiger partial charge in [0.15, 0.2) is 11.6 Å². The standard InChI is InChI=1S/C16H17ClFN5/c17-11-6-12(18)14(20-8-11)23-5-1-3-16(9-23)4-2-10-7-21-15(19)22-13(10)16/h6-8H,1-5,9H2,(H2,19,21,22). The zero-order valence-corrected chi connectivity index (χ0v) is 13.4. The first-order chi connectivity index (χ1) is 11.1.